The number of carbonyl (C=O) groups is 1. The van der Waals surface area contributed by atoms with E-state index in [4.69, 9.17) is 5.73 Å². The van der Waals surface area contributed by atoms with Gasteiger partial charge in [-0.25, -0.2) is 0 Å². The van der Waals surface area contributed by atoms with Crippen LogP contribution in [-0.4, -0.2) is 27.6 Å². The van der Waals surface area contributed by atoms with Crippen LogP contribution in [0.15, 0.2) is 6.07 Å². The lowest BCUT2D eigenvalue weighted by atomic mass is 10.3. The van der Waals surface area contributed by atoms with Gasteiger partial charge < -0.3 is 10.6 Å². The van der Waals surface area contributed by atoms with Crippen molar-refractivity contribution >= 4 is 11.7 Å². The second-order valence-electron chi connectivity index (χ2n) is 2.97. The zero-order valence-corrected chi connectivity index (χ0v) is 6.82. The fourth-order valence-corrected chi connectivity index (χ4v) is 1.32. The van der Waals surface area contributed by atoms with Crippen molar-refractivity contribution in [2.45, 2.75) is 13.1 Å². The molecule has 64 valence electrons. The average Bonchev–Trinajstić information content (AvgIpc) is 2.30. The second-order valence-corrected chi connectivity index (χ2v) is 2.97. The Morgan fingerprint density at radius 2 is 2.33 bits per heavy atom. The van der Waals surface area contributed by atoms with E-state index in [1.165, 1.54) is 0 Å². The van der Waals surface area contributed by atoms with E-state index in [1.54, 1.807) is 22.7 Å². The van der Waals surface area contributed by atoms with Crippen LogP contribution in [0.5, 0.6) is 0 Å². The molecule has 1 aliphatic heterocycles. The van der Waals surface area contributed by atoms with Crippen LogP contribution in [0.1, 0.15) is 5.69 Å². The number of nitrogen functional groups attached to an aromatic ring is 1. The van der Waals surface area contributed by atoms with Crippen molar-refractivity contribution < 1.29 is 4.79 Å². The molecule has 1 aromatic rings. The highest BCUT2D eigenvalue weighted by molar-refractivity contribution is 5.76. The molecule has 0 saturated heterocycles. The number of aromatic nitrogens is 2. The van der Waals surface area contributed by atoms with Gasteiger partial charge in [0.25, 0.3) is 0 Å². The number of fused-ring (bicyclic) bond motifs is 1. The van der Waals surface area contributed by atoms with E-state index in [0.29, 0.717) is 18.9 Å². The molecule has 2 rings (SSSR count). The van der Waals surface area contributed by atoms with Gasteiger partial charge in [-0.15, -0.1) is 0 Å². The molecule has 12 heavy (non-hydrogen) atoms. The van der Waals surface area contributed by atoms with Crippen molar-refractivity contribution in [3.05, 3.63) is 11.8 Å². The molecule has 5 heteroatoms. The van der Waals surface area contributed by atoms with E-state index >= 15 is 0 Å². The zero-order chi connectivity index (χ0) is 8.72. The standard InChI is InChI=1S/C7H10N4O/c1-10-3-5-2-6(8)9-11(5)4-7(10)12/h2H,3-4H2,1H3,(H2,8,9). The molecule has 0 atom stereocenters. The highest BCUT2D eigenvalue weighted by Gasteiger charge is 2.20. The Kier molecular flexibility index (Phi) is 1.33. The first-order chi connectivity index (χ1) is 5.66. The summed E-state index contributed by atoms with van der Waals surface area (Å²) in [5.41, 5.74) is 6.48. The first-order valence-electron chi connectivity index (χ1n) is 3.73. The maximum absolute atomic E-state index is 11.2. The van der Waals surface area contributed by atoms with Crippen LogP contribution in [0, 0.1) is 0 Å². The molecule has 0 unspecified atom stereocenters. The molecule has 1 amide bonds. The van der Waals surface area contributed by atoms with Crippen molar-refractivity contribution in [1.82, 2.24) is 14.7 Å². The summed E-state index contributed by atoms with van der Waals surface area (Å²) in [6, 6.07) is 1.79. The van der Waals surface area contributed by atoms with Crippen molar-refractivity contribution in [3.63, 3.8) is 0 Å². The number of amides is 1. The van der Waals surface area contributed by atoms with Crippen LogP contribution < -0.4 is 5.73 Å². The topological polar surface area (TPSA) is 64.2 Å². The summed E-state index contributed by atoms with van der Waals surface area (Å²) in [6.45, 7) is 0.909. The Morgan fingerprint density at radius 3 is 3.08 bits per heavy atom. The van der Waals surface area contributed by atoms with Gasteiger partial charge in [0.05, 0.1) is 12.2 Å². The van der Waals surface area contributed by atoms with Crippen LogP contribution in [-0.2, 0) is 17.9 Å². The zero-order valence-electron chi connectivity index (χ0n) is 6.82. The van der Waals surface area contributed by atoms with E-state index in [2.05, 4.69) is 5.10 Å². The van der Waals surface area contributed by atoms with Gasteiger partial charge in [-0.05, 0) is 0 Å². The largest absolute Gasteiger partial charge is 0.382 e. The molecule has 1 aliphatic rings. The van der Waals surface area contributed by atoms with E-state index in [0.717, 1.165) is 5.69 Å². The van der Waals surface area contributed by atoms with Crippen LogP contribution in [0.4, 0.5) is 5.82 Å². The summed E-state index contributed by atoms with van der Waals surface area (Å²) in [6.07, 6.45) is 0. The maximum atomic E-state index is 11.2. The summed E-state index contributed by atoms with van der Waals surface area (Å²) in [7, 11) is 1.77. The Morgan fingerprint density at radius 1 is 1.58 bits per heavy atom. The molecule has 0 bridgehead atoms. The van der Waals surface area contributed by atoms with Crippen molar-refractivity contribution in [1.29, 1.82) is 0 Å². The predicted molar refractivity (Wildman–Crippen MR) is 43.1 cm³/mol. The fraction of sp³-hybridized carbons (Fsp3) is 0.429. The Hall–Kier alpha value is -1.52. The first kappa shape index (κ1) is 7.15. The number of hydrogen-bond acceptors (Lipinski definition) is 3. The van der Waals surface area contributed by atoms with Crippen molar-refractivity contribution in [2.24, 2.45) is 0 Å². The summed E-state index contributed by atoms with van der Waals surface area (Å²) < 4.78 is 1.65. The lowest BCUT2D eigenvalue weighted by Gasteiger charge is -2.22. The SMILES string of the molecule is CN1Cc2cc(N)nn2CC1=O. The molecule has 0 saturated carbocycles. The van der Waals surface area contributed by atoms with Gasteiger partial charge in [0.1, 0.15) is 12.4 Å². The van der Waals surface area contributed by atoms with Crippen molar-refractivity contribution in [3.8, 4) is 0 Å². The Balaban J connectivity index is 2.39. The minimum Gasteiger partial charge on any atom is -0.382 e. The lowest BCUT2D eigenvalue weighted by Crippen LogP contribution is -2.36. The van der Waals surface area contributed by atoms with Gasteiger partial charge in [0.2, 0.25) is 5.91 Å². The van der Waals surface area contributed by atoms with E-state index < -0.39 is 0 Å². The van der Waals surface area contributed by atoms with Crippen LogP contribution in [0.2, 0.25) is 0 Å². The van der Waals surface area contributed by atoms with Gasteiger partial charge >= 0.3 is 0 Å². The molecule has 0 spiro atoms. The minimum atomic E-state index is 0.0746. The number of carbonyl (C=O) groups excluding carboxylic acids is 1. The highest BCUT2D eigenvalue weighted by Crippen LogP contribution is 2.13. The lowest BCUT2D eigenvalue weighted by molar-refractivity contribution is -0.132. The number of anilines is 1. The molecular formula is C7H10N4O. The van der Waals surface area contributed by atoms with Gasteiger partial charge in [0, 0.05) is 13.1 Å². The highest BCUT2D eigenvalue weighted by atomic mass is 16.2. The maximum Gasteiger partial charge on any atom is 0.244 e. The minimum absolute atomic E-state index is 0.0746. The van der Waals surface area contributed by atoms with Gasteiger partial charge in [-0.2, -0.15) is 5.10 Å². The smallest absolute Gasteiger partial charge is 0.244 e. The quantitative estimate of drug-likeness (QED) is 0.561. The number of hydrogen-bond donors (Lipinski definition) is 1. The number of rotatable bonds is 0. The third kappa shape index (κ3) is 0.939. The van der Waals surface area contributed by atoms with Crippen LogP contribution in [0.25, 0.3) is 0 Å². The van der Waals surface area contributed by atoms with Gasteiger partial charge in [-0.1, -0.05) is 0 Å². The third-order valence-electron chi connectivity index (χ3n) is 1.99. The van der Waals surface area contributed by atoms with Crippen LogP contribution >= 0.6 is 0 Å². The molecule has 0 aliphatic carbocycles. The Bertz CT molecular complexity index is 330. The summed E-state index contributed by atoms with van der Waals surface area (Å²) in [4.78, 5) is 12.9. The third-order valence-corrected chi connectivity index (χ3v) is 1.99. The summed E-state index contributed by atoms with van der Waals surface area (Å²) >= 11 is 0. The van der Waals surface area contributed by atoms with Gasteiger partial charge in [0.15, 0.2) is 0 Å². The number of nitrogens with zero attached hydrogens (tertiary/aromatic N) is 3. The average molecular weight is 166 g/mol. The van der Waals surface area contributed by atoms with E-state index in [1.807, 2.05) is 0 Å². The molecule has 2 heterocycles. The molecule has 5 nitrogen and oxygen atoms in total. The molecule has 0 aromatic carbocycles. The normalized spacial score (nSPS) is 16.4. The van der Waals surface area contributed by atoms with E-state index in [-0.39, 0.29) is 5.91 Å². The summed E-state index contributed by atoms with van der Waals surface area (Å²) in [5.74, 6) is 0.554. The molecule has 1 aromatic heterocycles. The van der Waals surface area contributed by atoms with Crippen molar-refractivity contribution in [2.75, 3.05) is 12.8 Å². The Labute approximate surface area is 69.8 Å². The first-order valence-corrected chi connectivity index (χ1v) is 3.73. The van der Waals surface area contributed by atoms with E-state index in [9.17, 15) is 4.79 Å². The molecule has 2 N–H and O–H groups in total. The monoisotopic (exact) mass is 166 g/mol. The molecule has 0 radical (unpaired) electrons. The molecule has 0 fully saturated rings. The van der Waals surface area contributed by atoms with Crippen LogP contribution in [0.3, 0.4) is 0 Å². The molecular weight excluding hydrogens is 156 g/mol. The predicted octanol–water partition coefficient (Wildman–Crippen LogP) is -0.563. The van der Waals surface area contributed by atoms with Gasteiger partial charge in [-0.3, -0.25) is 9.48 Å². The second kappa shape index (κ2) is 2.23. The number of nitrogens with two attached hydrogens (primary N) is 1. The fourth-order valence-electron chi connectivity index (χ4n) is 1.32. The number of likely N-dealkylation sites (N-methyl/N-ethyl adjacent to an activating group) is 1. The summed E-state index contributed by atoms with van der Waals surface area (Å²) in [5, 5.41) is 3.98.